The SMILES string of the molecule is Cc1[nH]nc2nc(-c3ccccc3)sc(=O)c12. The van der Waals surface area contributed by atoms with Crippen LogP contribution in [0.1, 0.15) is 5.69 Å². The molecule has 1 aromatic carbocycles. The molecule has 3 rings (SSSR count). The lowest BCUT2D eigenvalue weighted by Crippen LogP contribution is -1.98. The number of hydrogen-bond acceptors (Lipinski definition) is 4. The van der Waals surface area contributed by atoms with Crippen molar-refractivity contribution >= 4 is 22.4 Å². The molecule has 0 unspecified atom stereocenters. The highest BCUT2D eigenvalue weighted by molar-refractivity contribution is 7.13. The van der Waals surface area contributed by atoms with Crippen LogP contribution in [-0.2, 0) is 0 Å². The van der Waals surface area contributed by atoms with Crippen molar-refractivity contribution in [3.05, 3.63) is 45.6 Å². The minimum absolute atomic E-state index is 0.0000954. The number of nitrogens with zero attached hydrogens (tertiary/aromatic N) is 2. The van der Waals surface area contributed by atoms with Crippen molar-refractivity contribution in [3.63, 3.8) is 0 Å². The molecule has 0 aliphatic carbocycles. The van der Waals surface area contributed by atoms with E-state index in [0.717, 1.165) is 22.6 Å². The number of rotatable bonds is 1. The minimum atomic E-state index is 0.0000954. The summed E-state index contributed by atoms with van der Waals surface area (Å²) in [5.74, 6) is 0. The predicted octanol–water partition coefficient (Wildman–Crippen LogP) is 2.36. The molecule has 2 heterocycles. The highest BCUT2D eigenvalue weighted by Gasteiger charge is 2.10. The molecule has 0 saturated carbocycles. The molecule has 0 atom stereocenters. The van der Waals surface area contributed by atoms with Crippen LogP contribution in [0.25, 0.3) is 21.6 Å². The number of H-pyrrole nitrogens is 1. The molecule has 3 aromatic rings. The van der Waals surface area contributed by atoms with Gasteiger partial charge in [0.2, 0.25) is 4.74 Å². The summed E-state index contributed by atoms with van der Waals surface area (Å²) in [6.45, 7) is 1.83. The lowest BCUT2D eigenvalue weighted by molar-refractivity contribution is 1.06. The van der Waals surface area contributed by atoms with Gasteiger partial charge in [0.25, 0.3) is 0 Å². The van der Waals surface area contributed by atoms with Crippen molar-refractivity contribution in [2.45, 2.75) is 6.92 Å². The van der Waals surface area contributed by atoms with E-state index >= 15 is 0 Å². The molecule has 0 saturated heterocycles. The molecule has 4 nitrogen and oxygen atoms in total. The first-order valence-electron chi connectivity index (χ1n) is 5.17. The van der Waals surface area contributed by atoms with Gasteiger partial charge in [-0.05, 0) is 6.92 Å². The predicted molar refractivity (Wildman–Crippen MR) is 68.2 cm³/mol. The van der Waals surface area contributed by atoms with Gasteiger partial charge in [-0.25, -0.2) is 4.98 Å². The molecular formula is C12H9N3OS. The molecule has 5 heteroatoms. The zero-order valence-electron chi connectivity index (χ0n) is 9.10. The Balaban J connectivity index is 2.30. The Morgan fingerprint density at radius 2 is 2.00 bits per heavy atom. The largest absolute Gasteiger partial charge is 0.280 e. The lowest BCUT2D eigenvalue weighted by atomic mass is 10.2. The Labute approximate surface area is 101 Å². The van der Waals surface area contributed by atoms with Crippen LogP contribution >= 0.6 is 11.3 Å². The van der Waals surface area contributed by atoms with Crippen LogP contribution < -0.4 is 4.74 Å². The first-order valence-corrected chi connectivity index (χ1v) is 5.98. The van der Waals surface area contributed by atoms with E-state index in [2.05, 4.69) is 15.2 Å². The van der Waals surface area contributed by atoms with E-state index in [1.165, 1.54) is 0 Å². The van der Waals surface area contributed by atoms with Gasteiger partial charge in [-0.1, -0.05) is 41.7 Å². The van der Waals surface area contributed by atoms with Gasteiger partial charge in [-0.2, -0.15) is 5.10 Å². The third-order valence-corrected chi connectivity index (χ3v) is 3.46. The number of nitrogens with one attached hydrogen (secondary N) is 1. The quantitative estimate of drug-likeness (QED) is 0.713. The van der Waals surface area contributed by atoms with Crippen molar-refractivity contribution in [2.24, 2.45) is 0 Å². The van der Waals surface area contributed by atoms with Crippen molar-refractivity contribution < 1.29 is 0 Å². The molecule has 2 aromatic heterocycles. The highest BCUT2D eigenvalue weighted by atomic mass is 32.1. The van der Waals surface area contributed by atoms with Gasteiger partial charge in [0, 0.05) is 11.3 Å². The Hall–Kier alpha value is -2.01. The average Bonchev–Trinajstić information content (AvgIpc) is 2.73. The zero-order valence-corrected chi connectivity index (χ0v) is 9.91. The smallest absolute Gasteiger partial charge is 0.247 e. The van der Waals surface area contributed by atoms with Crippen LogP contribution in [0.15, 0.2) is 35.1 Å². The van der Waals surface area contributed by atoms with Crippen LogP contribution in [0.2, 0.25) is 0 Å². The van der Waals surface area contributed by atoms with Crippen LogP contribution in [0.5, 0.6) is 0 Å². The Morgan fingerprint density at radius 3 is 2.76 bits per heavy atom. The van der Waals surface area contributed by atoms with Gasteiger partial charge in [-0.15, -0.1) is 0 Å². The maximum Gasteiger partial charge on any atom is 0.247 e. The normalized spacial score (nSPS) is 10.9. The van der Waals surface area contributed by atoms with Gasteiger partial charge in [0.05, 0.1) is 5.39 Å². The Kier molecular flexibility index (Phi) is 2.26. The minimum Gasteiger partial charge on any atom is -0.280 e. The van der Waals surface area contributed by atoms with Gasteiger partial charge in [0.15, 0.2) is 5.65 Å². The fourth-order valence-electron chi connectivity index (χ4n) is 1.70. The van der Waals surface area contributed by atoms with Gasteiger partial charge < -0.3 is 0 Å². The summed E-state index contributed by atoms with van der Waals surface area (Å²) in [4.78, 5) is 16.4. The number of aryl methyl sites for hydroxylation is 1. The standard InChI is InChI=1S/C12H9N3OS/c1-7-9-10(15-14-7)13-11(17-12(9)16)8-5-3-2-4-6-8/h2-6H,1H3,(H,14,15). The summed E-state index contributed by atoms with van der Waals surface area (Å²) in [5.41, 5.74) is 2.20. The molecule has 84 valence electrons. The van der Waals surface area contributed by atoms with Crippen molar-refractivity contribution in [1.29, 1.82) is 0 Å². The van der Waals surface area contributed by atoms with E-state index in [1.807, 2.05) is 37.3 Å². The monoisotopic (exact) mass is 243 g/mol. The van der Waals surface area contributed by atoms with Crippen LogP contribution in [-0.4, -0.2) is 15.2 Å². The number of aromatic nitrogens is 3. The summed E-state index contributed by atoms with van der Waals surface area (Å²) in [6, 6.07) is 9.65. The number of fused-ring (bicyclic) bond motifs is 1. The fourth-order valence-corrected chi connectivity index (χ4v) is 2.61. The number of hydrogen-bond donors (Lipinski definition) is 1. The summed E-state index contributed by atoms with van der Waals surface area (Å²) in [5, 5.41) is 8.12. The van der Waals surface area contributed by atoms with E-state index in [-0.39, 0.29) is 4.74 Å². The molecule has 1 N–H and O–H groups in total. The zero-order chi connectivity index (χ0) is 11.8. The van der Waals surface area contributed by atoms with E-state index in [9.17, 15) is 4.79 Å². The molecule has 17 heavy (non-hydrogen) atoms. The maximum atomic E-state index is 12.0. The molecule has 0 fully saturated rings. The van der Waals surface area contributed by atoms with Gasteiger partial charge >= 0.3 is 0 Å². The van der Waals surface area contributed by atoms with Crippen LogP contribution in [0.3, 0.4) is 0 Å². The second-order valence-corrected chi connectivity index (χ2v) is 4.68. The second kappa shape index (κ2) is 3.78. The highest BCUT2D eigenvalue weighted by Crippen LogP contribution is 2.21. The molecule has 0 aliphatic heterocycles. The molecular weight excluding hydrogens is 234 g/mol. The third-order valence-electron chi connectivity index (χ3n) is 2.55. The summed E-state index contributed by atoms with van der Waals surface area (Å²) in [6.07, 6.45) is 0. The molecule has 0 spiro atoms. The van der Waals surface area contributed by atoms with Crippen LogP contribution in [0, 0.1) is 6.92 Å². The average molecular weight is 243 g/mol. The van der Waals surface area contributed by atoms with Gasteiger partial charge in [-0.3, -0.25) is 9.89 Å². The lowest BCUT2D eigenvalue weighted by Gasteiger charge is -1.97. The van der Waals surface area contributed by atoms with E-state index < -0.39 is 0 Å². The van der Waals surface area contributed by atoms with Crippen molar-refractivity contribution in [3.8, 4) is 10.6 Å². The van der Waals surface area contributed by atoms with E-state index in [4.69, 9.17) is 0 Å². The summed E-state index contributed by atoms with van der Waals surface area (Å²) < 4.78 is 0.0000954. The summed E-state index contributed by atoms with van der Waals surface area (Å²) >= 11 is 1.15. The Morgan fingerprint density at radius 1 is 1.24 bits per heavy atom. The maximum absolute atomic E-state index is 12.0. The van der Waals surface area contributed by atoms with E-state index in [1.54, 1.807) is 0 Å². The molecule has 0 bridgehead atoms. The van der Waals surface area contributed by atoms with E-state index in [0.29, 0.717) is 16.0 Å². The molecule has 0 amide bonds. The third kappa shape index (κ3) is 1.64. The van der Waals surface area contributed by atoms with Gasteiger partial charge in [0.1, 0.15) is 5.01 Å². The topological polar surface area (TPSA) is 58.6 Å². The van der Waals surface area contributed by atoms with Crippen molar-refractivity contribution in [2.75, 3.05) is 0 Å². The first kappa shape index (κ1) is 10.2. The van der Waals surface area contributed by atoms with Crippen LogP contribution in [0.4, 0.5) is 0 Å². The fraction of sp³-hybridized carbons (Fsp3) is 0.0833. The molecule has 0 aliphatic rings. The second-order valence-electron chi connectivity index (χ2n) is 3.72. The Bertz CT molecular complexity index is 730. The number of aromatic amines is 1. The van der Waals surface area contributed by atoms with Crippen molar-refractivity contribution in [1.82, 2.24) is 15.2 Å². The first-order chi connectivity index (χ1) is 8.25. The summed E-state index contributed by atoms with van der Waals surface area (Å²) in [7, 11) is 0. The number of benzene rings is 1. The molecule has 0 radical (unpaired) electrons.